The van der Waals surface area contributed by atoms with Crippen molar-refractivity contribution in [2.24, 2.45) is 23.7 Å². The fourth-order valence-corrected chi connectivity index (χ4v) is 22.3. The number of nitrogens with zero attached hydrogens (tertiary/aromatic N) is 4. The van der Waals surface area contributed by atoms with E-state index >= 15 is 0 Å². The van der Waals surface area contributed by atoms with E-state index in [-0.39, 0.29) is 79.7 Å². The second-order valence-corrected chi connectivity index (χ2v) is 43.0. The molecule has 8 aromatic carbocycles. The lowest BCUT2D eigenvalue weighted by Gasteiger charge is -2.46. The Morgan fingerprint density at radius 2 is 0.809 bits per heavy atom. The normalized spacial score (nSPS) is 19.2. The molecular formula is C107H125Cl4N9O11. The third-order valence-electron chi connectivity index (χ3n) is 24.9. The number of fused-ring (bicyclic) bond motifs is 2. The average molecular weight is 1860 g/mol. The minimum atomic E-state index is -0.404. The van der Waals surface area contributed by atoms with Gasteiger partial charge in [-0.15, -0.1) is 0 Å². The molecule has 0 aliphatic carbocycles. The molecule has 6 aliphatic rings. The number of hydrogen-bond donors (Lipinski definition) is 5. The van der Waals surface area contributed by atoms with Gasteiger partial charge in [0.25, 0.3) is 0 Å². The molecule has 15 rings (SSSR count). The van der Waals surface area contributed by atoms with E-state index in [4.69, 9.17) is 74.8 Å². The zero-order valence-electron chi connectivity index (χ0n) is 79.0. The van der Waals surface area contributed by atoms with E-state index in [1.165, 1.54) is 11.1 Å². The van der Waals surface area contributed by atoms with Crippen molar-refractivity contribution >= 4 is 75.5 Å². The quantitative estimate of drug-likeness (QED) is 0.0294. The summed E-state index contributed by atoms with van der Waals surface area (Å²) in [5.74, 6) is 5.01. The molecule has 2 unspecified atom stereocenters. The van der Waals surface area contributed by atoms with E-state index in [1.54, 1.807) is 117 Å². The van der Waals surface area contributed by atoms with E-state index in [2.05, 4.69) is 166 Å². The van der Waals surface area contributed by atoms with Crippen LogP contribution in [0.3, 0.4) is 0 Å². The van der Waals surface area contributed by atoms with Gasteiger partial charge in [0.2, 0.25) is 0 Å². The summed E-state index contributed by atoms with van der Waals surface area (Å²) in [6.45, 7) is 40.6. The molecule has 7 heterocycles. The van der Waals surface area contributed by atoms with E-state index < -0.39 is 5.97 Å². The number of benzene rings is 8. The number of ketones is 4. The SMILES string of the molecule is CC1(C)CC(CC(=O)c2ccc(Oc3cccc(-c4cnccn4)c3C#N)c(Cl)c2)CC(C)(C)N1.CC1(C)CC(CC(=O)c2ccc(Oc3cccc4c3CCNC4)c(Cl)c2)CC(C)(C)N1.CC1OC(=O)c2c(Oc3ccc(C(=O)CC4CC(C)(C)NC(C)(C)C4)cc3Cl)cccc21.COC(C)c1cccc(Oc2ccc(C(=O)CC3CC(C)(C)NC(C)(C)C3)cc2Cl)c1C#N. The highest BCUT2D eigenvalue weighted by atomic mass is 35.5. The zero-order chi connectivity index (χ0) is 95.1. The maximum atomic E-state index is 13.1. The summed E-state index contributed by atoms with van der Waals surface area (Å²) in [4.78, 5) is 72.7. The van der Waals surface area contributed by atoms with Crippen LogP contribution in [0.2, 0.25) is 20.1 Å². The maximum absolute atomic E-state index is 13.1. The Balaban J connectivity index is 0.000000158. The molecule has 131 heavy (non-hydrogen) atoms. The number of nitrogens with one attached hydrogen (secondary N) is 5. The summed E-state index contributed by atoms with van der Waals surface area (Å²) in [5, 5.41) is 39.0. The van der Waals surface area contributed by atoms with Crippen LogP contribution in [0.25, 0.3) is 11.3 Å². The first kappa shape index (κ1) is 100. The largest absolute Gasteiger partial charge is 0.456 e. The Morgan fingerprint density at radius 3 is 1.18 bits per heavy atom. The minimum Gasteiger partial charge on any atom is -0.456 e. The molecule has 4 saturated heterocycles. The Labute approximate surface area is 793 Å². The Bertz CT molecular complexity index is 5750. The number of piperidine rings is 4. The first-order valence-corrected chi connectivity index (χ1v) is 46.8. The van der Waals surface area contributed by atoms with Gasteiger partial charge in [-0.25, -0.2) is 4.79 Å². The van der Waals surface area contributed by atoms with E-state index in [0.29, 0.717) is 160 Å². The summed E-state index contributed by atoms with van der Waals surface area (Å²) in [5.41, 5.74) is 8.77. The number of hydrogen-bond acceptors (Lipinski definition) is 20. The first-order valence-electron chi connectivity index (χ1n) is 45.3. The van der Waals surface area contributed by atoms with Gasteiger partial charge in [0.1, 0.15) is 80.9 Å². The van der Waals surface area contributed by atoms with Crippen molar-refractivity contribution in [2.45, 2.75) is 271 Å². The monoisotopic (exact) mass is 1850 g/mol. The molecule has 0 bridgehead atoms. The average Bonchev–Trinajstić information content (AvgIpc) is 1.56. The minimum absolute atomic E-state index is 0.00335. The lowest BCUT2D eigenvalue weighted by molar-refractivity contribution is 0.0419. The molecule has 9 aromatic rings. The zero-order valence-corrected chi connectivity index (χ0v) is 82.0. The molecule has 6 aliphatic heterocycles. The Hall–Kier alpha value is -9.91. The highest BCUT2D eigenvalue weighted by Gasteiger charge is 2.43. The summed E-state index contributed by atoms with van der Waals surface area (Å²) < 4.78 is 34.8. The highest BCUT2D eigenvalue weighted by molar-refractivity contribution is 6.33. The second kappa shape index (κ2) is 41.3. The highest BCUT2D eigenvalue weighted by Crippen LogP contribution is 2.46. The molecule has 0 radical (unpaired) electrons. The summed E-state index contributed by atoms with van der Waals surface area (Å²) >= 11 is 26.0. The molecule has 1 aromatic heterocycles. The fourth-order valence-electron chi connectivity index (χ4n) is 21.4. The molecule has 5 N–H and O–H groups in total. The molecule has 2 atom stereocenters. The molecular weight excluding hydrogens is 1730 g/mol. The van der Waals surface area contributed by atoms with E-state index in [9.17, 15) is 34.5 Å². The van der Waals surface area contributed by atoms with Gasteiger partial charge >= 0.3 is 5.97 Å². The van der Waals surface area contributed by atoms with E-state index in [0.717, 1.165) is 87.8 Å². The number of carbonyl (C=O) groups is 5. The van der Waals surface area contributed by atoms with Gasteiger partial charge in [0.05, 0.1) is 38.1 Å². The smallest absolute Gasteiger partial charge is 0.342 e. The third kappa shape index (κ3) is 26.6. The number of aromatic nitrogens is 2. The Morgan fingerprint density at radius 1 is 0.458 bits per heavy atom. The molecule has 24 heteroatoms. The number of carbonyl (C=O) groups excluding carboxylic acids is 5. The molecule has 0 amide bonds. The number of Topliss-reactive ketones (excluding diaryl/α,β-unsaturated/α-hetero) is 4. The van der Waals surface area contributed by atoms with Gasteiger partial charge in [0.15, 0.2) is 23.1 Å². The van der Waals surface area contributed by atoms with Crippen molar-refractivity contribution in [1.29, 1.82) is 10.5 Å². The van der Waals surface area contributed by atoms with E-state index in [1.807, 2.05) is 62.4 Å². The van der Waals surface area contributed by atoms with Crippen LogP contribution in [0.4, 0.5) is 0 Å². The summed E-state index contributed by atoms with van der Waals surface area (Å²) in [7, 11) is 1.59. The molecule has 692 valence electrons. The lowest BCUT2D eigenvalue weighted by atomic mass is 9.74. The molecule has 4 fully saturated rings. The maximum Gasteiger partial charge on any atom is 0.342 e. The summed E-state index contributed by atoms with van der Waals surface area (Å²) in [6, 6.07) is 47.2. The van der Waals surface area contributed by atoms with Crippen molar-refractivity contribution in [3.8, 4) is 69.4 Å². The molecule has 0 spiro atoms. The van der Waals surface area contributed by atoms with Crippen LogP contribution in [0, 0.1) is 46.3 Å². The number of cyclic esters (lactones) is 1. The van der Waals surface area contributed by atoms with Crippen LogP contribution >= 0.6 is 46.4 Å². The van der Waals surface area contributed by atoms with Gasteiger partial charge in [-0.1, -0.05) is 94.9 Å². The van der Waals surface area contributed by atoms with Gasteiger partial charge in [0, 0.05) is 141 Å². The van der Waals surface area contributed by atoms with Crippen LogP contribution in [-0.2, 0) is 22.4 Å². The van der Waals surface area contributed by atoms with Crippen LogP contribution < -0.4 is 45.5 Å². The molecule has 0 saturated carbocycles. The fraction of sp³-hybridized carbons (Fsp3) is 0.449. The van der Waals surface area contributed by atoms with Gasteiger partial charge in [-0.05, 0) is 315 Å². The van der Waals surface area contributed by atoms with Crippen LogP contribution in [0.5, 0.6) is 46.0 Å². The number of rotatable bonds is 23. The standard InChI is InChI=1S/C28H29ClN4O2.C27H33ClN2O3.C26H33ClN2O2.C26H30ClNO4/c1-27(2)14-18(15-28(3,4)33-27)12-24(34)19-8-9-26(22(29)13-19)35-25-7-5-6-20(21(25)16-30)23-17-31-10-11-32-23;1-17(32-6)20-8-7-9-24(21(20)16-29)33-25-11-10-19(13-22(25)28)23(31)12-18-14-26(2,3)30-27(4,5)15-18;1-25(2)14-17(15-26(3,4)29-25)12-22(30)18-8-9-24(21(27)13-18)31-23-7-5-6-19-16-28-11-10-20(19)23;1-15-18-7-6-8-22(23(18)24(30)31-15)32-21-10-9-17(12-19(21)27)20(29)11-16-13-25(2,3)28-26(4,5)14-16/h5-11,13,17-18,33H,12,14-15H2,1-4H3;7-11,13,17-18,30H,12,14-15H2,1-6H3;5-9,13,17,28-29H,10-12,14-16H2,1-4H3;6-10,12,15-16,28H,11,13-14H2,1-5H3. The van der Waals surface area contributed by atoms with Gasteiger partial charge < -0.3 is 55.0 Å². The van der Waals surface area contributed by atoms with Crippen molar-refractivity contribution < 1.29 is 52.4 Å². The number of halogens is 4. The van der Waals surface area contributed by atoms with Crippen LogP contribution in [0.1, 0.15) is 299 Å². The lowest BCUT2D eigenvalue weighted by Crippen LogP contribution is -2.58. The van der Waals surface area contributed by atoms with Crippen molar-refractivity contribution in [3.63, 3.8) is 0 Å². The van der Waals surface area contributed by atoms with Crippen molar-refractivity contribution in [3.05, 3.63) is 245 Å². The topological polar surface area (TPSA) is 274 Å². The number of methoxy groups -OCH3 is 1. The second-order valence-electron chi connectivity index (χ2n) is 41.3. The Kier molecular flexibility index (Phi) is 31.5. The van der Waals surface area contributed by atoms with Crippen molar-refractivity contribution in [1.82, 2.24) is 36.6 Å². The number of ether oxygens (including phenoxy) is 6. The van der Waals surface area contributed by atoms with Gasteiger partial charge in [-0.2, -0.15) is 10.5 Å². The summed E-state index contributed by atoms with van der Waals surface area (Å²) in [6.07, 6.45) is 14.8. The van der Waals surface area contributed by atoms with Gasteiger partial charge in [-0.3, -0.25) is 29.1 Å². The van der Waals surface area contributed by atoms with Crippen LogP contribution in [-0.4, -0.2) is 97.0 Å². The molecule has 20 nitrogen and oxygen atoms in total. The number of esters is 1. The number of nitriles is 2. The predicted molar refractivity (Wildman–Crippen MR) is 519 cm³/mol. The predicted octanol–water partition coefficient (Wildman–Crippen LogP) is 25.8. The van der Waals surface area contributed by atoms with Crippen molar-refractivity contribution in [2.75, 3.05) is 13.7 Å². The first-order chi connectivity index (χ1) is 61.6. The van der Waals surface area contributed by atoms with Crippen LogP contribution in [0.15, 0.2) is 164 Å². The third-order valence-corrected chi connectivity index (χ3v) is 26.1.